The van der Waals surface area contributed by atoms with Crippen LogP contribution in [0.5, 0.6) is 0 Å². The first-order valence-electron chi connectivity index (χ1n) is 8.80. The number of rotatable bonds is 6. The number of benzene rings is 1. The van der Waals surface area contributed by atoms with Gasteiger partial charge in [-0.1, -0.05) is 19.1 Å². The van der Waals surface area contributed by atoms with E-state index in [4.69, 9.17) is 0 Å². The summed E-state index contributed by atoms with van der Waals surface area (Å²) in [5.74, 6) is 1.21. The third-order valence-corrected chi connectivity index (χ3v) is 6.24. The predicted octanol–water partition coefficient (Wildman–Crippen LogP) is 2.97. The number of hydrogen-bond acceptors (Lipinski definition) is 3. The highest BCUT2D eigenvalue weighted by Crippen LogP contribution is 2.26. The van der Waals surface area contributed by atoms with E-state index in [0.717, 1.165) is 23.5 Å². The second-order valence-electron chi connectivity index (χ2n) is 6.99. The standard InChI is InChI=1S/C19H30N2O2S/c1-14(17-6-5-11-20-13-17)12-19(22)21(3)15(2)16-7-9-18(10-8-16)24(4)23/h7-10,14-15,17,20H,5-6,11-13H2,1-4H3. The molecular formula is C19H30N2O2S. The molecule has 1 saturated heterocycles. The van der Waals surface area contributed by atoms with Gasteiger partial charge in [-0.15, -0.1) is 0 Å². The monoisotopic (exact) mass is 350 g/mol. The minimum atomic E-state index is -0.967. The molecule has 1 amide bonds. The second-order valence-corrected chi connectivity index (χ2v) is 8.37. The lowest BCUT2D eigenvalue weighted by Gasteiger charge is -2.31. The summed E-state index contributed by atoms with van der Waals surface area (Å²) in [6.45, 7) is 6.37. The molecule has 4 unspecified atom stereocenters. The van der Waals surface area contributed by atoms with Crippen molar-refractivity contribution < 1.29 is 9.00 Å². The van der Waals surface area contributed by atoms with E-state index in [0.29, 0.717) is 18.3 Å². The van der Waals surface area contributed by atoms with E-state index < -0.39 is 10.8 Å². The van der Waals surface area contributed by atoms with Crippen molar-refractivity contribution in [1.82, 2.24) is 10.2 Å². The number of hydrogen-bond donors (Lipinski definition) is 1. The van der Waals surface area contributed by atoms with Crippen LogP contribution in [0.2, 0.25) is 0 Å². The molecule has 1 heterocycles. The molecule has 24 heavy (non-hydrogen) atoms. The topological polar surface area (TPSA) is 49.4 Å². The molecule has 0 bridgehead atoms. The summed E-state index contributed by atoms with van der Waals surface area (Å²) in [4.78, 5) is 15.3. The molecule has 0 aromatic heterocycles. The van der Waals surface area contributed by atoms with Gasteiger partial charge in [-0.05, 0) is 62.4 Å². The normalized spacial score (nSPS) is 21.8. The van der Waals surface area contributed by atoms with E-state index >= 15 is 0 Å². The number of nitrogens with zero attached hydrogens (tertiary/aromatic N) is 1. The van der Waals surface area contributed by atoms with Gasteiger partial charge in [0.1, 0.15) is 0 Å². The van der Waals surface area contributed by atoms with Crippen molar-refractivity contribution in [3.05, 3.63) is 29.8 Å². The van der Waals surface area contributed by atoms with Gasteiger partial charge in [0.25, 0.3) is 0 Å². The molecule has 1 fully saturated rings. The van der Waals surface area contributed by atoms with Gasteiger partial charge in [-0.2, -0.15) is 0 Å². The smallest absolute Gasteiger partial charge is 0.223 e. The third-order valence-electron chi connectivity index (χ3n) is 5.31. The fourth-order valence-corrected chi connectivity index (χ4v) is 3.85. The Morgan fingerprint density at radius 2 is 2.00 bits per heavy atom. The van der Waals surface area contributed by atoms with Crippen molar-refractivity contribution in [1.29, 1.82) is 0 Å². The van der Waals surface area contributed by atoms with E-state index in [2.05, 4.69) is 12.2 Å². The molecular weight excluding hydrogens is 320 g/mol. The van der Waals surface area contributed by atoms with Gasteiger partial charge < -0.3 is 10.2 Å². The molecule has 4 atom stereocenters. The van der Waals surface area contributed by atoms with Gasteiger partial charge >= 0.3 is 0 Å². The van der Waals surface area contributed by atoms with E-state index in [1.165, 1.54) is 12.8 Å². The fourth-order valence-electron chi connectivity index (χ4n) is 3.33. The lowest BCUT2D eigenvalue weighted by atomic mass is 9.85. The molecule has 0 aliphatic carbocycles. The molecule has 134 valence electrons. The zero-order valence-corrected chi connectivity index (χ0v) is 16.1. The third kappa shape index (κ3) is 4.90. The van der Waals surface area contributed by atoms with Crippen LogP contribution in [0.25, 0.3) is 0 Å². The quantitative estimate of drug-likeness (QED) is 0.858. The van der Waals surface area contributed by atoms with Crippen LogP contribution < -0.4 is 5.32 Å². The highest BCUT2D eigenvalue weighted by atomic mass is 32.2. The van der Waals surface area contributed by atoms with Crippen molar-refractivity contribution in [2.24, 2.45) is 11.8 Å². The number of nitrogens with one attached hydrogen (secondary N) is 1. The first-order chi connectivity index (χ1) is 11.4. The maximum absolute atomic E-state index is 12.6. The van der Waals surface area contributed by atoms with Gasteiger partial charge in [-0.25, -0.2) is 0 Å². The van der Waals surface area contributed by atoms with Gasteiger partial charge in [-0.3, -0.25) is 9.00 Å². The number of carbonyl (C=O) groups excluding carboxylic acids is 1. The first-order valence-corrected chi connectivity index (χ1v) is 10.4. The highest BCUT2D eigenvalue weighted by Gasteiger charge is 2.25. The summed E-state index contributed by atoms with van der Waals surface area (Å²) >= 11 is 0. The average Bonchev–Trinajstić information content (AvgIpc) is 2.61. The number of amides is 1. The van der Waals surface area contributed by atoms with Gasteiger partial charge in [0.05, 0.1) is 6.04 Å². The fraction of sp³-hybridized carbons (Fsp3) is 0.632. The molecule has 0 radical (unpaired) electrons. The molecule has 1 aliphatic heterocycles. The molecule has 1 N–H and O–H groups in total. The van der Waals surface area contributed by atoms with Gasteiger partial charge in [0.15, 0.2) is 0 Å². The van der Waals surface area contributed by atoms with E-state index in [9.17, 15) is 9.00 Å². The zero-order valence-electron chi connectivity index (χ0n) is 15.2. The summed E-state index contributed by atoms with van der Waals surface area (Å²) in [5.41, 5.74) is 1.08. The Balaban J connectivity index is 1.94. The Labute approximate surface area is 148 Å². The molecule has 4 nitrogen and oxygen atoms in total. The Morgan fingerprint density at radius 1 is 1.33 bits per heavy atom. The van der Waals surface area contributed by atoms with E-state index in [1.54, 1.807) is 6.26 Å². The Morgan fingerprint density at radius 3 is 2.54 bits per heavy atom. The molecule has 5 heteroatoms. The number of piperidine rings is 1. The van der Waals surface area contributed by atoms with Crippen LogP contribution in [0.1, 0.15) is 44.7 Å². The highest BCUT2D eigenvalue weighted by molar-refractivity contribution is 7.84. The van der Waals surface area contributed by atoms with E-state index in [1.807, 2.05) is 43.1 Å². The summed E-state index contributed by atoms with van der Waals surface area (Å²) in [5, 5.41) is 3.43. The van der Waals surface area contributed by atoms with Gasteiger partial charge in [0.2, 0.25) is 5.91 Å². The minimum Gasteiger partial charge on any atom is -0.339 e. The summed E-state index contributed by atoms with van der Waals surface area (Å²) in [7, 11) is 0.912. The van der Waals surface area contributed by atoms with Crippen LogP contribution in [0.3, 0.4) is 0 Å². The summed E-state index contributed by atoms with van der Waals surface area (Å²) < 4.78 is 11.5. The lowest BCUT2D eigenvalue weighted by molar-refractivity contribution is -0.133. The van der Waals surface area contributed by atoms with Crippen LogP contribution >= 0.6 is 0 Å². The van der Waals surface area contributed by atoms with Crippen molar-refractivity contribution >= 4 is 16.7 Å². The summed E-state index contributed by atoms with van der Waals surface area (Å²) in [6.07, 6.45) is 4.71. The van der Waals surface area contributed by atoms with Crippen LogP contribution in [0.4, 0.5) is 0 Å². The van der Waals surface area contributed by atoms with Gasteiger partial charge in [0, 0.05) is 35.4 Å². The lowest BCUT2D eigenvalue weighted by Crippen LogP contribution is -2.36. The molecule has 2 rings (SSSR count). The zero-order chi connectivity index (χ0) is 17.7. The van der Waals surface area contributed by atoms with Crippen LogP contribution in [0, 0.1) is 11.8 Å². The second kappa shape index (κ2) is 8.77. The van der Waals surface area contributed by atoms with Crippen molar-refractivity contribution in [3.63, 3.8) is 0 Å². The van der Waals surface area contributed by atoms with E-state index in [-0.39, 0.29) is 11.9 Å². The SMILES string of the molecule is CC(CC(=O)N(C)C(C)c1ccc(S(C)=O)cc1)C1CCCNC1. The van der Waals surface area contributed by atoms with Crippen molar-refractivity contribution in [3.8, 4) is 0 Å². The predicted molar refractivity (Wildman–Crippen MR) is 99.3 cm³/mol. The van der Waals surface area contributed by atoms with Crippen LogP contribution in [0.15, 0.2) is 29.2 Å². The average molecular weight is 351 g/mol. The summed E-state index contributed by atoms with van der Waals surface area (Å²) in [6, 6.07) is 7.74. The Hall–Kier alpha value is -1.20. The van der Waals surface area contributed by atoms with Crippen molar-refractivity contribution in [2.75, 3.05) is 26.4 Å². The molecule has 1 aromatic carbocycles. The minimum absolute atomic E-state index is 0.0218. The largest absolute Gasteiger partial charge is 0.339 e. The van der Waals surface area contributed by atoms with Crippen molar-refractivity contribution in [2.45, 2.75) is 44.0 Å². The molecule has 1 aliphatic rings. The molecule has 1 aromatic rings. The molecule has 0 saturated carbocycles. The Kier molecular flexibility index (Phi) is 6.99. The maximum Gasteiger partial charge on any atom is 0.223 e. The van der Waals surface area contributed by atoms with Crippen LogP contribution in [-0.4, -0.2) is 41.4 Å². The first kappa shape index (κ1) is 19.1. The van der Waals surface area contributed by atoms with Crippen LogP contribution in [-0.2, 0) is 15.6 Å². The molecule has 0 spiro atoms. The Bertz CT molecular complexity index is 567. The number of carbonyl (C=O) groups is 1. The maximum atomic E-state index is 12.6.